The molecule has 0 heterocycles. The van der Waals surface area contributed by atoms with E-state index in [-0.39, 0.29) is 22.9 Å². The number of carbonyl (C=O) groups is 2. The van der Waals surface area contributed by atoms with Crippen LogP contribution in [-0.4, -0.2) is 11.6 Å². The first kappa shape index (κ1) is 10.3. The number of carbonyl (C=O) groups excluding carboxylic acids is 2. The molecule has 2 rings (SSSR count). The Morgan fingerprint density at radius 2 is 2.00 bits per heavy atom. The van der Waals surface area contributed by atoms with E-state index < -0.39 is 0 Å². The summed E-state index contributed by atoms with van der Waals surface area (Å²) in [7, 11) is 0. The minimum absolute atomic E-state index is 0.0375. The zero-order valence-corrected chi connectivity index (χ0v) is 9.19. The second-order valence-corrected chi connectivity index (χ2v) is 4.83. The van der Waals surface area contributed by atoms with Gasteiger partial charge in [-0.25, -0.2) is 0 Å². The van der Waals surface area contributed by atoms with Gasteiger partial charge in [0.05, 0.1) is 0 Å². The van der Waals surface area contributed by atoms with Crippen LogP contribution in [0.5, 0.6) is 0 Å². The van der Waals surface area contributed by atoms with E-state index in [1.54, 1.807) is 19.1 Å². The highest BCUT2D eigenvalue weighted by molar-refractivity contribution is 6.00. The number of hydrogen-bond donors (Lipinski definition) is 0. The van der Waals surface area contributed by atoms with Crippen molar-refractivity contribution < 1.29 is 9.59 Å². The van der Waals surface area contributed by atoms with Gasteiger partial charge in [0.2, 0.25) is 0 Å². The maximum absolute atomic E-state index is 11.4. The highest BCUT2D eigenvalue weighted by Crippen LogP contribution is 2.49. The lowest BCUT2D eigenvalue weighted by atomic mass is 9.76. The topological polar surface area (TPSA) is 34.1 Å². The number of allylic oxidation sites excluding steroid dienone is 4. The van der Waals surface area contributed by atoms with Crippen molar-refractivity contribution in [2.75, 3.05) is 0 Å². The van der Waals surface area contributed by atoms with E-state index in [0.29, 0.717) is 5.92 Å². The molecular formula is C13H16O2. The van der Waals surface area contributed by atoms with Crippen LogP contribution in [0, 0.1) is 17.3 Å². The molecule has 2 aliphatic carbocycles. The van der Waals surface area contributed by atoms with Crippen molar-refractivity contribution >= 4 is 11.6 Å². The molecule has 0 unspecified atom stereocenters. The van der Waals surface area contributed by atoms with Crippen molar-refractivity contribution in [3.05, 3.63) is 24.3 Å². The van der Waals surface area contributed by atoms with Gasteiger partial charge in [-0.1, -0.05) is 19.1 Å². The molecule has 0 radical (unpaired) electrons. The molecule has 2 aliphatic rings. The summed E-state index contributed by atoms with van der Waals surface area (Å²) in [6.07, 6.45) is 9.06. The lowest BCUT2D eigenvalue weighted by molar-refractivity contribution is -0.120. The van der Waals surface area contributed by atoms with Crippen LogP contribution >= 0.6 is 0 Å². The van der Waals surface area contributed by atoms with Crippen molar-refractivity contribution in [3.63, 3.8) is 0 Å². The Kier molecular flexibility index (Phi) is 2.37. The fourth-order valence-electron chi connectivity index (χ4n) is 2.72. The predicted octanol–water partition coefficient (Wildman–Crippen LogP) is 2.30. The molecule has 0 aromatic rings. The number of ketones is 2. The maximum atomic E-state index is 11.4. The summed E-state index contributed by atoms with van der Waals surface area (Å²) in [5.74, 6) is 0.950. The molecule has 1 saturated carbocycles. The van der Waals surface area contributed by atoms with Gasteiger partial charge in [0.1, 0.15) is 5.78 Å². The standard InChI is InChI=1S/C13H16O2/c1-9-7-11(10(2)14)8-13(9)5-3-12(15)4-6-13/h3-6,9,11H,7-8H2,1-2H3/t9-,11-/m0/s1. The molecule has 1 spiro atoms. The van der Waals surface area contributed by atoms with E-state index >= 15 is 0 Å². The zero-order chi connectivity index (χ0) is 11.1. The van der Waals surface area contributed by atoms with Gasteiger partial charge in [0.25, 0.3) is 0 Å². The summed E-state index contributed by atoms with van der Waals surface area (Å²) in [6.45, 7) is 3.82. The molecule has 1 fully saturated rings. The number of rotatable bonds is 1. The van der Waals surface area contributed by atoms with Crippen molar-refractivity contribution in [3.8, 4) is 0 Å². The van der Waals surface area contributed by atoms with Crippen LogP contribution in [0.25, 0.3) is 0 Å². The van der Waals surface area contributed by atoms with Gasteiger partial charge in [-0.05, 0) is 37.8 Å². The summed E-state index contributed by atoms with van der Waals surface area (Å²) in [5, 5.41) is 0. The summed E-state index contributed by atoms with van der Waals surface area (Å²) >= 11 is 0. The molecule has 80 valence electrons. The second-order valence-electron chi connectivity index (χ2n) is 4.83. The largest absolute Gasteiger partial charge is 0.300 e. The summed E-state index contributed by atoms with van der Waals surface area (Å²) < 4.78 is 0. The summed E-state index contributed by atoms with van der Waals surface area (Å²) in [4.78, 5) is 22.5. The Labute approximate surface area is 90.1 Å². The second kappa shape index (κ2) is 3.44. The smallest absolute Gasteiger partial charge is 0.178 e. The van der Waals surface area contributed by atoms with Gasteiger partial charge in [0.15, 0.2) is 5.78 Å². The number of Topliss-reactive ketones (excluding diaryl/α,β-unsaturated/α-hetero) is 1. The SMILES string of the molecule is CC(=O)[C@H]1C[C@H](C)C2(C=CC(=O)C=C2)C1. The van der Waals surface area contributed by atoms with Crippen LogP contribution in [0.4, 0.5) is 0 Å². The molecule has 0 aromatic heterocycles. The molecule has 0 N–H and O–H groups in total. The first-order valence-corrected chi connectivity index (χ1v) is 5.46. The number of hydrogen-bond acceptors (Lipinski definition) is 2. The van der Waals surface area contributed by atoms with Gasteiger partial charge in [-0.2, -0.15) is 0 Å². The van der Waals surface area contributed by atoms with Crippen molar-refractivity contribution in [1.82, 2.24) is 0 Å². The third-order valence-electron chi connectivity index (χ3n) is 3.85. The minimum atomic E-state index is -0.0375. The Balaban J connectivity index is 2.24. The monoisotopic (exact) mass is 204 g/mol. The van der Waals surface area contributed by atoms with E-state index in [2.05, 4.69) is 6.92 Å². The van der Waals surface area contributed by atoms with Gasteiger partial charge < -0.3 is 0 Å². The Morgan fingerprint density at radius 1 is 1.40 bits per heavy atom. The Morgan fingerprint density at radius 3 is 2.47 bits per heavy atom. The van der Waals surface area contributed by atoms with Crippen molar-refractivity contribution in [2.45, 2.75) is 26.7 Å². The average Bonchev–Trinajstić information content (AvgIpc) is 2.50. The van der Waals surface area contributed by atoms with Crippen LogP contribution in [0.2, 0.25) is 0 Å². The van der Waals surface area contributed by atoms with E-state index in [1.165, 1.54) is 0 Å². The first-order valence-electron chi connectivity index (χ1n) is 5.46. The highest BCUT2D eigenvalue weighted by Gasteiger charge is 2.43. The fourth-order valence-corrected chi connectivity index (χ4v) is 2.72. The molecule has 0 aromatic carbocycles. The quantitative estimate of drug-likeness (QED) is 0.656. The molecule has 15 heavy (non-hydrogen) atoms. The molecule has 0 saturated heterocycles. The molecular weight excluding hydrogens is 188 g/mol. The predicted molar refractivity (Wildman–Crippen MR) is 58.3 cm³/mol. The van der Waals surface area contributed by atoms with Crippen LogP contribution in [0.1, 0.15) is 26.7 Å². The lowest BCUT2D eigenvalue weighted by Crippen LogP contribution is -2.21. The molecule has 0 bridgehead atoms. The van der Waals surface area contributed by atoms with E-state index in [1.807, 2.05) is 12.2 Å². The first-order chi connectivity index (χ1) is 7.03. The van der Waals surface area contributed by atoms with Gasteiger partial charge in [-0.15, -0.1) is 0 Å². The minimum Gasteiger partial charge on any atom is -0.300 e. The third-order valence-corrected chi connectivity index (χ3v) is 3.85. The van der Waals surface area contributed by atoms with Crippen molar-refractivity contribution in [2.24, 2.45) is 17.3 Å². The molecule has 2 heteroatoms. The summed E-state index contributed by atoms with van der Waals surface area (Å²) in [6, 6.07) is 0. The Bertz CT molecular complexity index is 347. The normalized spacial score (nSPS) is 32.5. The van der Waals surface area contributed by atoms with Crippen LogP contribution in [-0.2, 0) is 9.59 Å². The van der Waals surface area contributed by atoms with E-state index in [0.717, 1.165) is 12.8 Å². The van der Waals surface area contributed by atoms with Crippen molar-refractivity contribution in [1.29, 1.82) is 0 Å². The van der Waals surface area contributed by atoms with Gasteiger partial charge in [0, 0.05) is 11.3 Å². The van der Waals surface area contributed by atoms with Crippen LogP contribution in [0.3, 0.4) is 0 Å². The molecule has 2 nitrogen and oxygen atoms in total. The van der Waals surface area contributed by atoms with E-state index in [4.69, 9.17) is 0 Å². The highest BCUT2D eigenvalue weighted by atomic mass is 16.1. The van der Waals surface area contributed by atoms with E-state index in [9.17, 15) is 9.59 Å². The molecule has 0 amide bonds. The fraction of sp³-hybridized carbons (Fsp3) is 0.538. The lowest BCUT2D eigenvalue weighted by Gasteiger charge is -2.28. The maximum Gasteiger partial charge on any atom is 0.178 e. The zero-order valence-electron chi connectivity index (χ0n) is 9.19. The van der Waals surface area contributed by atoms with Crippen LogP contribution in [0.15, 0.2) is 24.3 Å². The molecule has 0 aliphatic heterocycles. The Hall–Kier alpha value is -1.18. The van der Waals surface area contributed by atoms with Gasteiger partial charge in [-0.3, -0.25) is 9.59 Å². The van der Waals surface area contributed by atoms with Crippen LogP contribution < -0.4 is 0 Å². The molecule has 2 atom stereocenters. The third kappa shape index (κ3) is 1.69. The summed E-state index contributed by atoms with van der Waals surface area (Å²) in [5.41, 5.74) is -0.0375. The van der Waals surface area contributed by atoms with Gasteiger partial charge >= 0.3 is 0 Å². The average molecular weight is 204 g/mol.